The first kappa shape index (κ1) is 14.5. The average Bonchev–Trinajstić information content (AvgIpc) is 2.94. The Kier molecular flexibility index (Phi) is 4.02. The minimum atomic E-state index is -0.345. The van der Waals surface area contributed by atoms with Crippen LogP contribution in [0.2, 0.25) is 0 Å². The number of likely N-dealkylation sites (N-methyl/N-ethyl adjacent to an activating group) is 1. The van der Waals surface area contributed by atoms with Crippen LogP contribution in [-0.4, -0.2) is 24.5 Å². The van der Waals surface area contributed by atoms with Gasteiger partial charge in [-0.1, -0.05) is 35.6 Å². The Balaban J connectivity index is 1.71. The first-order valence-corrected chi connectivity index (χ1v) is 7.56. The Morgan fingerprint density at radius 3 is 2.73 bits per heavy atom. The van der Waals surface area contributed by atoms with Gasteiger partial charge in [-0.15, -0.1) is 0 Å². The Hall–Kier alpha value is -2.47. The largest absolute Gasteiger partial charge is 0.342 e. The summed E-state index contributed by atoms with van der Waals surface area (Å²) in [4.78, 5) is 18.0. The number of rotatable bonds is 4. The monoisotopic (exact) mass is 315 g/mol. The van der Waals surface area contributed by atoms with E-state index in [1.54, 1.807) is 18.0 Å². The van der Waals surface area contributed by atoms with Gasteiger partial charge in [-0.05, 0) is 24.3 Å². The number of carbonyl (C=O) groups excluding carboxylic acids is 1. The van der Waals surface area contributed by atoms with E-state index in [2.05, 4.69) is 10.3 Å². The molecule has 0 unspecified atom stereocenters. The van der Waals surface area contributed by atoms with E-state index in [1.807, 2.05) is 36.4 Å². The van der Waals surface area contributed by atoms with E-state index < -0.39 is 0 Å². The lowest BCUT2D eigenvalue weighted by Crippen LogP contribution is -2.29. The van der Waals surface area contributed by atoms with Crippen molar-refractivity contribution in [2.45, 2.75) is 0 Å². The fourth-order valence-electron chi connectivity index (χ4n) is 2.07. The van der Waals surface area contributed by atoms with Gasteiger partial charge in [-0.25, -0.2) is 9.37 Å². The van der Waals surface area contributed by atoms with E-state index in [1.165, 1.54) is 17.4 Å². The lowest BCUT2D eigenvalue weighted by atomic mass is 10.3. The molecule has 0 spiro atoms. The molecular weight excluding hydrogens is 301 g/mol. The van der Waals surface area contributed by atoms with Crippen molar-refractivity contribution in [2.75, 3.05) is 23.8 Å². The van der Waals surface area contributed by atoms with Crippen LogP contribution in [-0.2, 0) is 4.79 Å². The minimum absolute atomic E-state index is 0.145. The Morgan fingerprint density at radius 2 is 2.00 bits per heavy atom. The van der Waals surface area contributed by atoms with Gasteiger partial charge in [-0.2, -0.15) is 0 Å². The Morgan fingerprint density at radius 1 is 1.23 bits per heavy atom. The van der Waals surface area contributed by atoms with Crippen LogP contribution in [0.3, 0.4) is 0 Å². The molecule has 3 rings (SSSR count). The number of para-hydroxylation sites is 2. The van der Waals surface area contributed by atoms with Crippen LogP contribution in [0.1, 0.15) is 0 Å². The van der Waals surface area contributed by atoms with Crippen molar-refractivity contribution < 1.29 is 9.18 Å². The fraction of sp³-hybridized carbons (Fsp3) is 0.125. The van der Waals surface area contributed by atoms with Crippen LogP contribution < -0.4 is 10.2 Å². The zero-order chi connectivity index (χ0) is 15.5. The molecule has 0 aliphatic rings. The molecule has 112 valence electrons. The van der Waals surface area contributed by atoms with Crippen molar-refractivity contribution >= 4 is 38.3 Å². The zero-order valence-corrected chi connectivity index (χ0v) is 12.7. The summed E-state index contributed by atoms with van der Waals surface area (Å²) in [7, 11) is 1.76. The van der Waals surface area contributed by atoms with Gasteiger partial charge in [-0.3, -0.25) is 4.79 Å². The molecule has 1 amide bonds. The number of aromatic nitrogens is 1. The maximum atomic E-state index is 13.7. The highest BCUT2D eigenvalue weighted by molar-refractivity contribution is 7.22. The summed E-state index contributed by atoms with van der Waals surface area (Å²) in [5.74, 6) is -0.490. The number of hydrogen-bond acceptors (Lipinski definition) is 4. The molecule has 0 radical (unpaired) electrons. The van der Waals surface area contributed by atoms with Gasteiger partial charge < -0.3 is 10.2 Å². The molecule has 0 atom stereocenters. The van der Waals surface area contributed by atoms with E-state index in [9.17, 15) is 9.18 Å². The molecule has 1 heterocycles. The quantitative estimate of drug-likeness (QED) is 0.801. The summed E-state index contributed by atoms with van der Waals surface area (Å²) >= 11 is 1.36. The summed E-state index contributed by atoms with van der Waals surface area (Å²) in [6.07, 6.45) is 0. The van der Waals surface area contributed by atoms with E-state index in [4.69, 9.17) is 0 Å². The molecule has 1 aromatic heterocycles. The highest BCUT2D eigenvalue weighted by atomic mass is 32.1. The van der Waals surface area contributed by atoms with Crippen LogP contribution in [0.25, 0.3) is 10.2 Å². The molecule has 0 fully saturated rings. The molecule has 6 heteroatoms. The SMILES string of the molecule is CN(CC(=O)Nc1ccccc1)c1nc2c(F)cccc2s1. The standard InChI is InChI=1S/C16H14FN3OS/c1-20(10-14(21)18-11-6-3-2-4-7-11)16-19-15-12(17)8-5-9-13(15)22-16/h2-9H,10H2,1H3,(H,18,21). The van der Waals surface area contributed by atoms with Crippen molar-refractivity contribution in [1.29, 1.82) is 0 Å². The van der Waals surface area contributed by atoms with Crippen molar-refractivity contribution in [2.24, 2.45) is 0 Å². The third-order valence-electron chi connectivity index (χ3n) is 3.12. The van der Waals surface area contributed by atoms with Gasteiger partial charge >= 0.3 is 0 Å². The van der Waals surface area contributed by atoms with Gasteiger partial charge in [0.2, 0.25) is 5.91 Å². The van der Waals surface area contributed by atoms with Gasteiger partial charge in [0.05, 0.1) is 11.2 Å². The first-order valence-electron chi connectivity index (χ1n) is 6.74. The lowest BCUT2D eigenvalue weighted by Gasteiger charge is -2.15. The number of fused-ring (bicyclic) bond motifs is 1. The van der Waals surface area contributed by atoms with Gasteiger partial charge in [0.1, 0.15) is 11.3 Å². The van der Waals surface area contributed by atoms with Gasteiger partial charge in [0, 0.05) is 12.7 Å². The van der Waals surface area contributed by atoms with Crippen LogP contribution in [0, 0.1) is 5.82 Å². The normalized spacial score (nSPS) is 10.6. The number of amides is 1. The highest BCUT2D eigenvalue weighted by Crippen LogP contribution is 2.29. The minimum Gasteiger partial charge on any atom is -0.342 e. The Labute approximate surface area is 131 Å². The van der Waals surface area contributed by atoms with Crippen LogP contribution in [0.5, 0.6) is 0 Å². The third-order valence-corrected chi connectivity index (χ3v) is 4.26. The molecule has 2 aromatic carbocycles. The summed E-state index contributed by atoms with van der Waals surface area (Å²) < 4.78 is 14.4. The van der Waals surface area contributed by atoms with E-state index >= 15 is 0 Å². The second-order valence-electron chi connectivity index (χ2n) is 4.85. The number of hydrogen-bond donors (Lipinski definition) is 1. The van der Waals surface area contributed by atoms with Crippen LogP contribution in [0.15, 0.2) is 48.5 Å². The topological polar surface area (TPSA) is 45.2 Å². The van der Waals surface area contributed by atoms with Gasteiger partial charge in [0.25, 0.3) is 0 Å². The van der Waals surface area contributed by atoms with Crippen molar-refractivity contribution in [1.82, 2.24) is 4.98 Å². The van der Waals surface area contributed by atoms with Crippen molar-refractivity contribution in [3.05, 3.63) is 54.3 Å². The molecule has 22 heavy (non-hydrogen) atoms. The molecule has 0 aliphatic carbocycles. The molecule has 1 N–H and O–H groups in total. The Bertz CT molecular complexity index is 804. The molecule has 0 saturated heterocycles. The first-order chi connectivity index (χ1) is 10.6. The number of benzene rings is 2. The average molecular weight is 315 g/mol. The number of anilines is 2. The predicted molar refractivity (Wildman–Crippen MR) is 87.9 cm³/mol. The van der Waals surface area contributed by atoms with Crippen LogP contribution >= 0.6 is 11.3 Å². The highest BCUT2D eigenvalue weighted by Gasteiger charge is 2.14. The summed E-state index contributed by atoms with van der Waals surface area (Å²) in [5, 5.41) is 3.42. The maximum absolute atomic E-state index is 13.7. The summed E-state index contributed by atoms with van der Waals surface area (Å²) in [6.45, 7) is 0.149. The summed E-state index contributed by atoms with van der Waals surface area (Å²) in [6, 6.07) is 14.1. The van der Waals surface area contributed by atoms with E-state index in [0.717, 1.165) is 10.4 Å². The lowest BCUT2D eigenvalue weighted by molar-refractivity contribution is -0.114. The number of nitrogens with one attached hydrogen (secondary N) is 1. The smallest absolute Gasteiger partial charge is 0.243 e. The second kappa shape index (κ2) is 6.11. The molecular formula is C16H14FN3OS. The van der Waals surface area contributed by atoms with E-state index in [-0.39, 0.29) is 18.3 Å². The number of halogens is 1. The zero-order valence-electron chi connectivity index (χ0n) is 11.9. The molecule has 0 bridgehead atoms. The van der Waals surface area contributed by atoms with E-state index in [0.29, 0.717) is 10.6 Å². The second-order valence-corrected chi connectivity index (χ2v) is 5.86. The summed E-state index contributed by atoms with van der Waals surface area (Å²) in [5.41, 5.74) is 1.09. The predicted octanol–water partition coefficient (Wildman–Crippen LogP) is 3.51. The number of thiazole rings is 1. The van der Waals surface area contributed by atoms with Crippen LogP contribution in [0.4, 0.5) is 15.2 Å². The molecule has 0 saturated carbocycles. The third kappa shape index (κ3) is 3.07. The number of carbonyl (C=O) groups is 1. The molecule has 0 aliphatic heterocycles. The maximum Gasteiger partial charge on any atom is 0.243 e. The fourth-order valence-corrected chi connectivity index (χ4v) is 3.01. The van der Waals surface area contributed by atoms with Crippen molar-refractivity contribution in [3.63, 3.8) is 0 Å². The number of nitrogens with zero attached hydrogens (tertiary/aromatic N) is 2. The molecule has 3 aromatic rings. The molecule has 4 nitrogen and oxygen atoms in total. The van der Waals surface area contributed by atoms with Crippen molar-refractivity contribution in [3.8, 4) is 0 Å². The van der Waals surface area contributed by atoms with Gasteiger partial charge in [0.15, 0.2) is 5.13 Å².